The van der Waals surface area contributed by atoms with Crippen LogP contribution in [0.1, 0.15) is 13.3 Å². The fourth-order valence-electron chi connectivity index (χ4n) is 2.08. The van der Waals surface area contributed by atoms with Crippen molar-refractivity contribution in [3.8, 4) is 0 Å². The van der Waals surface area contributed by atoms with Gasteiger partial charge >= 0.3 is 5.97 Å². The first-order valence-corrected chi connectivity index (χ1v) is 5.83. The minimum atomic E-state index is -0.108. The third kappa shape index (κ3) is 3.73. The van der Waals surface area contributed by atoms with E-state index in [0.29, 0.717) is 13.2 Å². The average molecular weight is 230 g/mol. The van der Waals surface area contributed by atoms with Gasteiger partial charge in [0.05, 0.1) is 19.1 Å². The van der Waals surface area contributed by atoms with Crippen molar-refractivity contribution in [3.05, 3.63) is 0 Å². The van der Waals surface area contributed by atoms with E-state index in [1.807, 2.05) is 6.92 Å². The van der Waals surface area contributed by atoms with Crippen LogP contribution in [0, 0.1) is 5.92 Å². The number of methoxy groups -OCH3 is 1. The maximum Gasteiger partial charge on any atom is 0.310 e. The Balaban J connectivity index is 2.32. The van der Waals surface area contributed by atoms with Gasteiger partial charge in [-0.1, -0.05) is 0 Å². The third-order valence-electron chi connectivity index (χ3n) is 2.93. The molecule has 0 aromatic rings. The van der Waals surface area contributed by atoms with E-state index in [-0.39, 0.29) is 18.0 Å². The second kappa shape index (κ2) is 6.83. The summed E-state index contributed by atoms with van der Waals surface area (Å²) in [5.41, 5.74) is 5.61. The maximum absolute atomic E-state index is 11.3. The van der Waals surface area contributed by atoms with Gasteiger partial charge in [-0.15, -0.1) is 0 Å². The molecular weight excluding hydrogens is 208 g/mol. The first kappa shape index (κ1) is 13.4. The lowest BCUT2D eigenvalue weighted by Gasteiger charge is -2.22. The van der Waals surface area contributed by atoms with Crippen molar-refractivity contribution in [2.24, 2.45) is 11.7 Å². The molecule has 1 aliphatic heterocycles. The number of hydrogen-bond acceptors (Lipinski definition) is 5. The molecule has 0 amide bonds. The number of carbonyl (C=O) groups excluding carboxylic acids is 1. The molecule has 2 N–H and O–H groups in total. The predicted octanol–water partition coefficient (Wildman–Crippen LogP) is -0.155. The molecule has 1 fully saturated rings. The summed E-state index contributed by atoms with van der Waals surface area (Å²) in [6, 6.07) is 0. The van der Waals surface area contributed by atoms with E-state index in [1.165, 1.54) is 7.11 Å². The number of likely N-dealkylation sites (tertiary alicyclic amines) is 1. The number of nitrogens with two attached hydrogens (primary N) is 1. The van der Waals surface area contributed by atoms with Gasteiger partial charge in [0.1, 0.15) is 0 Å². The zero-order chi connectivity index (χ0) is 12.0. The summed E-state index contributed by atoms with van der Waals surface area (Å²) in [5.74, 6) is -0.0896. The van der Waals surface area contributed by atoms with E-state index in [4.69, 9.17) is 15.2 Å². The highest BCUT2D eigenvalue weighted by Crippen LogP contribution is 2.17. The standard InChI is InChI=1S/C11H22N2O3/c1-3-16-10(6-12)8-13-5-4-9(7-13)11(14)15-2/h9-10H,3-8,12H2,1-2H3. The van der Waals surface area contributed by atoms with Crippen molar-refractivity contribution in [2.75, 3.05) is 39.9 Å². The number of hydrogen-bond donors (Lipinski definition) is 1. The minimum Gasteiger partial charge on any atom is -0.469 e. The van der Waals surface area contributed by atoms with Crippen LogP contribution in [0.5, 0.6) is 0 Å². The van der Waals surface area contributed by atoms with E-state index in [9.17, 15) is 4.79 Å². The number of rotatable bonds is 6. The van der Waals surface area contributed by atoms with Crippen LogP contribution >= 0.6 is 0 Å². The third-order valence-corrected chi connectivity index (χ3v) is 2.93. The van der Waals surface area contributed by atoms with E-state index in [2.05, 4.69) is 4.90 Å². The molecule has 1 rings (SSSR count). The van der Waals surface area contributed by atoms with Gasteiger partial charge < -0.3 is 15.2 Å². The number of esters is 1. The fraction of sp³-hybridized carbons (Fsp3) is 0.909. The molecule has 0 aromatic heterocycles. The molecule has 5 heteroatoms. The first-order chi connectivity index (χ1) is 7.71. The smallest absolute Gasteiger partial charge is 0.310 e. The fourth-order valence-corrected chi connectivity index (χ4v) is 2.08. The van der Waals surface area contributed by atoms with Gasteiger partial charge in [-0.3, -0.25) is 9.69 Å². The van der Waals surface area contributed by atoms with E-state index in [0.717, 1.165) is 26.1 Å². The van der Waals surface area contributed by atoms with Crippen LogP contribution in [-0.2, 0) is 14.3 Å². The molecule has 0 spiro atoms. The van der Waals surface area contributed by atoms with Crippen LogP contribution < -0.4 is 5.73 Å². The number of ether oxygens (including phenoxy) is 2. The lowest BCUT2D eigenvalue weighted by atomic mass is 10.1. The van der Waals surface area contributed by atoms with Gasteiger partial charge in [0.25, 0.3) is 0 Å². The molecule has 1 aliphatic rings. The van der Waals surface area contributed by atoms with Crippen LogP contribution in [-0.4, -0.2) is 56.9 Å². The van der Waals surface area contributed by atoms with Crippen molar-refractivity contribution in [2.45, 2.75) is 19.4 Å². The van der Waals surface area contributed by atoms with Crippen molar-refractivity contribution < 1.29 is 14.3 Å². The Labute approximate surface area is 96.9 Å². The van der Waals surface area contributed by atoms with Crippen molar-refractivity contribution in [3.63, 3.8) is 0 Å². The van der Waals surface area contributed by atoms with Crippen LogP contribution in [0.4, 0.5) is 0 Å². The molecule has 0 radical (unpaired) electrons. The molecule has 2 unspecified atom stereocenters. The Bertz CT molecular complexity index is 223. The highest BCUT2D eigenvalue weighted by Gasteiger charge is 2.29. The van der Waals surface area contributed by atoms with Crippen molar-refractivity contribution >= 4 is 5.97 Å². The van der Waals surface area contributed by atoms with Crippen LogP contribution in [0.25, 0.3) is 0 Å². The molecule has 5 nitrogen and oxygen atoms in total. The normalized spacial score (nSPS) is 23.3. The minimum absolute atomic E-state index is 0.0186. The molecule has 16 heavy (non-hydrogen) atoms. The van der Waals surface area contributed by atoms with Gasteiger partial charge in [-0.25, -0.2) is 0 Å². The van der Waals surface area contributed by atoms with Gasteiger partial charge in [0.2, 0.25) is 0 Å². The molecule has 0 aliphatic carbocycles. The maximum atomic E-state index is 11.3. The molecule has 1 saturated heterocycles. The second-order valence-corrected chi connectivity index (χ2v) is 4.08. The first-order valence-electron chi connectivity index (χ1n) is 5.83. The topological polar surface area (TPSA) is 64.8 Å². The Hall–Kier alpha value is -0.650. The zero-order valence-corrected chi connectivity index (χ0v) is 10.1. The number of nitrogens with zero attached hydrogens (tertiary/aromatic N) is 1. The largest absolute Gasteiger partial charge is 0.469 e. The summed E-state index contributed by atoms with van der Waals surface area (Å²) in [4.78, 5) is 13.6. The summed E-state index contributed by atoms with van der Waals surface area (Å²) < 4.78 is 10.2. The predicted molar refractivity (Wildman–Crippen MR) is 61.0 cm³/mol. The van der Waals surface area contributed by atoms with Crippen molar-refractivity contribution in [1.82, 2.24) is 4.90 Å². The average Bonchev–Trinajstić information content (AvgIpc) is 2.76. The zero-order valence-electron chi connectivity index (χ0n) is 10.1. The summed E-state index contributed by atoms with van der Waals surface area (Å²) in [5, 5.41) is 0. The van der Waals surface area contributed by atoms with Gasteiger partial charge in [0.15, 0.2) is 0 Å². The molecule has 2 atom stereocenters. The van der Waals surface area contributed by atoms with Crippen LogP contribution in [0.3, 0.4) is 0 Å². The SMILES string of the molecule is CCOC(CN)CN1CCC(C(=O)OC)C1. The summed E-state index contributed by atoms with van der Waals surface area (Å²) in [7, 11) is 1.44. The monoisotopic (exact) mass is 230 g/mol. The summed E-state index contributed by atoms with van der Waals surface area (Å²) in [6.07, 6.45) is 0.942. The lowest BCUT2D eigenvalue weighted by Crippen LogP contribution is -2.37. The lowest BCUT2D eigenvalue weighted by molar-refractivity contribution is -0.145. The Morgan fingerprint density at radius 3 is 2.94 bits per heavy atom. The Morgan fingerprint density at radius 2 is 2.38 bits per heavy atom. The second-order valence-electron chi connectivity index (χ2n) is 4.08. The molecule has 0 aromatic carbocycles. The van der Waals surface area contributed by atoms with Crippen LogP contribution in [0.15, 0.2) is 0 Å². The summed E-state index contributed by atoms with van der Waals surface area (Å²) >= 11 is 0. The van der Waals surface area contributed by atoms with Gasteiger partial charge in [-0.2, -0.15) is 0 Å². The molecule has 0 saturated carbocycles. The van der Waals surface area contributed by atoms with E-state index in [1.54, 1.807) is 0 Å². The quantitative estimate of drug-likeness (QED) is 0.643. The summed E-state index contributed by atoms with van der Waals surface area (Å²) in [6.45, 7) is 5.64. The van der Waals surface area contributed by atoms with Gasteiger partial charge in [0, 0.05) is 26.2 Å². The molecular formula is C11H22N2O3. The van der Waals surface area contributed by atoms with Gasteiger partial charge in [-0.05, 0) is 19.9 Å². The van der Waals surface area contributed by atoms with Crippen molar-refractivity contribution in [1.29, 1.82) is 0 Å². The van der Waals surface area contributed by atoms with E-state index >= 15 is 0 Å². The Kier molecular flexibility index (Phi) is 5.73. The highest BCUT2D eigenvalue weighted by molar-refractivity contribution is 5.72. The van der Waals surface area contributed by atoms with E-state index < -0.39 is 0 Å². The molecule has 94 valence electrons. The Morgan fingerprint density at radius 1 is 1.62 bits per heavy atom. The highest BCUT2D eigenvalue weighted by atomic mass is 16.5. The molecule has 1 heterocycles. The van der Waals surface area contributed by atoms with Crippen LogP contribution in [0.2, 0.25) is 0 Å². The molecule has 0 bridgehead atoms. The number of carbonyl (C=O) groups is 1.